The summed E-state index contributed by atoms with van der Waals surface area (Å²) in [6.07, 6.45) is -4.31. The molecule has 1 aromatic rings. The van der Waals surface area contributed by atoms with Crippen LogP contribution in [0.25, 0.3) is 0 Å². The molecule has 0 fully saturated rings. The topological polar surface area (TPSA) is 24.5 Å². The number of benzene rings is 1. The van der Waals surface area contributed by atoms with Crippen molar-refractivity contribution >= 4 is 0 Å². The minimum atomic E-state index is -4.31. The lowest BCUT2D eigenvalue weighted by Gasteiger charge is -2.25. The number of nitrogens with zero attached hydrogens (tertiary/aromatic N) is 1. The fraction of sp³-hybridized carbons (Fsp3) is 0.600. The molecule has 0 aliphatic heterocycles. The van der Waals surface area contributed by atoms with E-state index < -0.39 is 11.7 Å². The van der Waals surface area contributed by atoms with Crippen molar-refractivity contribution in [2.45, 2.75) is 19.1 Å². The van der Waals surface area contributed by atoms with Gasteiger partial charge in [-0.25, -0.2) is 0 Å². The van der Waals surface area contributed by atoms with Gasteiger partial charge in [0.25, 0.3) is 0 Å². The molecule has 0 aliphatic rings. The van der Waals surface area contributed by atoms with Crippen molar-refractivity contribution in [3.8, 4) is 0 Å². The average Bonchev–Trinajstić information content (AvgIpc) is 2.44. The number of methoxy groups -OCH3 is 1. The van der Waals surface area contributed by atoms with Crippen LogP contribution in [0.4, 0.5) is 13.2 Å². The van der Waals surface area contributed by atoms with E-state index in [0.717, 1.165) is 12.6 Å². The largest absolute Gasteiger partial charge is 0.416 e. The Morgan fingerprint density at radius 2 is 2.05 bits per heavy atom. The van der Waals surface area contributed by atoms with E-state index in [4.69, 9.17) is 4.74 Å². The molecule has 0 aliphatic carbocycles. The number of ether oxygens (including phenoxy) is 1. The normalized spacial score (nSPS) is 13.7. The Balaban J connectivity index is 2.85. The molecule has 1 N–H and O–H groups in total. The van der Waals surface area contributed by atoms with Gasteiger partial charge in [0.05, 0.1) is 12.2 Å². The Bertz CT molecular complexity index is 424. The van der Waals surface area contributed by atoms with Crippen LogP contribution in [0.2, 0.25) is 0 Å². The second-order valence-corrected chi connectivity index (χ2v) is 4.99. The molecule has 0 aromatic heterocycles. The van der Waals surface area contributed by atoms with Crippen molar-refractivity contribution in [1.82, 2.24) is 10.2 Å². The predicted molar refractivity (Wildman–Crippen MR) is 77.2 cm³/mol. The van der Waals surface area contributed by atoms with Gasteiger partial charge in [-0.3, -0.25) is 0 Å². The van der Waals surface area contributed by atoms with Gasteiger partial charge in [-0.1, -0.05) is 19.1 Å². The molecular weight excluding hydrogens is 281 g/mol. The van der Waals surface area contributed by atoms with Gasteiger partial charge in [0.1, 0.15) is 0 Å². The molecule has 0 radical (unpaired) electrons. The molecule has 120 valence electrons. The van der Waals surface area contributed by atoms with E-state index in [2.05, 4.69) is 5.32 Å². The van der Waals surface area contributed by atoms with Gasteiger partial charge in [-0.15, -0.1) is 0 Å². The number of alkyl halides is 3. The van der Waals surface area contributed by atoms with Crippen molar-refractivity contribution in [3.05, 3.63) is 35.4 Å². The minimum absolute atomic E-state index is 0.140. The van der Waals surface area contributed by atoms with Crippen LogP contribution in [0, 0.1) is 0 Å². The molecule has 0 heterocycles. The summed E-state index contributed by atoms with van der Waals surface area (Å²) in [6.45, 7) is 4.59. The Labute approximate surface area is 124 Å². The van der Waals surface area contributed by atoms with Gasteiger partial charge in [0.15, 0.2) is 0 Å². The van der Waals surface area contributed by atoms with Gasteiger partial charge in [0.2, 0.25) is 0 Å². The summed E-state index contributed by atoms with van der Waals surface area (Å²) in [5.41, 5.74) is 0.0402. The molecule has 0 amide bonds. The van der Waals surface area contributed by atoms with E-state index in [1.54, 1.807) is 13.2 Å². The van der Waals surface area contributed by atoms with Crippen molar-refractivity contribution in [1.29, 1.82) is 0 Å². The predicted octanol–water partition coefficient (Wildman–Crippen LogP) is 2.93. The van der Waals surface area contributed by atoms with Gasteiger partial charge in [0, 0.05) is 26.2 Å². The molecule has 0 saturated heterocycles. The summed E-state index contributed by atoms with van der Waals surface area (Å²) in [7, 11) is 3.55. The first-order valence-corrected chi connectivity index (χ1v) is 6.96. The highest BCUT2D eigenvalue weighted by molar-refractivity contribution is 5.28. The third-order valence-electron chi connectivity index (χ3n) is 3.24. The summed E-state index contributed by atoms with van der Waals surface area (Å²) in [5, 5.41) is 3.24. The maximum atomic E-state index is 12.8. The standard InChI is InChI=1S/C15H23F3N2O/c1-4-19-14(11-20(2)8-9-21-3)12-6-5-7-13(10-12)15(16,17)18/h5-7,10,14,19H,4,8-9,11H2,1-3H3. The molecule has 1 unspecified atom stereocenters. The first kappa shape index (κ1) is 17.9. The van der Waals surface area contributed by atoms with Crippen molar-refractivity contribution in [2.75, 3.05) is 40.4 Å². The number of halogens is 3. The minimum Gasteiger partial charge on any atom is -0.383 e. The third kappa shape index (κ3) is 6.03. The lowest BCUT2D eigenvalue weighted by Crippen LogP contribution is -2.34. The number of nitrogens with one attached hydrogen (secondary N) is 1. The zero-order valence-electron chi connectivity index (χ0n) is 12.7. The summed E-state index contributed by atoms with van der Waals surface area (Å²) in [6, 6.07) is 5.36. The first-order chi connectivity index (χ1) is 9.88. The second-order valence-electron chi connectivity index (χ2n) is 4.99. The van der Waals surface area contributed by atoms with Crippen LogP contribution < -0.4 is 5.32 Å². The molecule has 21 heavy (non-hydrogen) atoms. The molecule has 0 saturated carbocycles. The van der Waals surface area contributed by atoms with E-state index in [0.29, 0.717) is 25.3 Å². The van der Waals surface area contributed by atoms with Crippen LogP contribution >= 0.6 is 0 Å². The van der Waals surface area contributed by atoms with E-state index in [9.17, 15) is 13.2 Å². The SMILES string of the molecule is CCNC(CN(C)CCOC)c1cccc(C(F)(F)F)c1. The molecule has 6 heteroatoms. The number of hydrogen-bond acceptors (Lipinski definition) is 3. The maximum absolute atomic E-state index is 12.8. The first-order valence-electron chi connectivity index (χ1n) is 6.96. The quantitative estimate of drug-likeness (QED) is 0.799. The second kappa shape index (κ2) is 8.36. The fourth-order valence-electron chi connectivity index (χ4n) is 2.12. The van der Waals surface area contributed by atoms with Crippen LogP contribution in [0.1, 0.15) is 24.1 Å². The van der Waals surface area contributed by atoms with Crippen LogP contribution in [0.15, 0.2) is 24.3 Å². The molecule has 1 atom stereocenters. The summed E-state index contributed by atoms with van der Waals surface area (Å²) < 4.78 is 43.4. The van der Waals surface area contributed by atoms with Crippen LogP contribution in [-0.2, 0) is 10.9 Å². The van der Waals surface area contributed by atoms with E-state index in [1.165, 1.54) is 12.1 Å². The third-order valence-corrected chi connectivity index (χ3v) is 3.24. The lowest BCUT2D eigenvalue weighted by molar-refractivity contribution is -0.137. The number of likely N-dealkylation sites (N-methyl/N-ethyl adjacent to an activating group) is 2. The Morgan fingerprint density at radius 3 is 2.62 bits per heavy atom. The maximum Gasteiger partial charge on any atom is 0.416 e. The Hall–Kier alpha value is -1.11. The lowest BCUT2D eigenvalue weighted by atomic mass is 10.0. The zero-order valence-corrected chi connectivity index (χ0v) is 12.7. The Morgan fingerprint density at radius 1 is 1.33 bits per heavy atom. The highest BCUT2D eigenvalue weighted by Crippen LogP contribution is 2.30. The molecule has 0 spiro atoms. The highest BCUT2D eigenvalue weighted by atomic mass is 19.4. The van der Waals surface area contributed by atoms with Crippen molar-refractivity contribution in [3.63, 3.8) is 0 Å². The number of hydrogen-bond donors (Lipinski definition) is 1. The van der Waals surface area contributed by atoms with E-state index in [1.807, 2.05) is 18.9 Å². The summed E-state index contributed by atoms with van der Waals surface area (Å²) >= 11 is 0. The van der Waals surface area contributed by atoms with Gasteiger partial charge >= 0.3 is 6.18 Å². The van der Waals surface area contributed by atoms with E-state index >= 15 is 0 Å². The van der Waals surface area contributed by atoms with Gasteiger partial charge < -0.3 is 15.0 Å². The van der Waals surface area contributed by atoms with Crippen LogP contribution in [0.3, 0.4) is 0 Å². The fourth-order valence-corrected chi connectivity index (χ4v) is 2.12. The monoisotopic (exact) mass is 304 g/mol. The van der Waals surface area contributed by atoms with Crippen LogP contribution in [0.5, 0.6) is 0 Å². The molecule has 1 rings (SSSR count). The molecule has 3 nitrogen and oxygen atoms in total. The van der Waals surface area contributed by atoms with Gasteiger partial charge in [-0.05, 0) is 31.3 Å². The highest BCUT2D eigenvalue weighted by Gasteiger charge is 2.31. The van der Waals surface area contributed by atoms with Crippen LogP contribution in [-0.4, -0.2) is 45.3 Å². The molecule has 0 bridgehead atoms. The smallest absolute Gasteiger partial charge is 0.383 e. The average molecular weight is 304 g/mol. The van der Waals surface area contributed by atoms with Gasteiger partial charge in [-0.2, -0.15) is 13.2 Å². The summed E-state index contributed by atoms with van der Waals surface area (Å²) in [4.78, 5) is 2.04. The van der Waals surface area contributed by atoms with E-state index in [-0.39, 0.29) is 6.04 Å². The van der Waals surface area contributed by atoms with Crippen molar-refractivity contribution < 1.29 is 17.9 Å². The number of rotatable bonds is 8. The summed E-state index contributed by atoms with van der Waals surface area (Å²) in [5.74, 6) is 0. The Kier molecular flexibility index (Phi) is 7.14. The zero-order chi connectivity index (χ0) is 15.9. The molecule has 1 aromatic carbocycles. The van der Waals surface area contributed by atoms with Crippen molar-refractivity contribution in [2.24, 2.45) is 0 Å². The molecular formula is C15H23F3N2O.